The summed E-state index contributed by atoms with van der Waals surface area (Å²) in [5.41, 5.74) is 12.5. The third-order valence-corrected chi connectivity index (χ3v) is 3.69. The van der Waals surface area contributed by atoms with E-state index < -0.39 is 0 Å². The number of nitrogens with zero attached hydrogens (tertiary/aromatic N) is 1. The largest absolute Gasteiger partial charge is 0.399 e. The van der Waals surface area contributed by atoms with Crippen molar-refractivity contribution in [1.29, 1.82) is 0 Å². The van der Waals surface area contributed by atoms with Gasteiger partial charge in [-0.1, -0.05) is 25.1 Å². The third-order valence-electron chi connectivity index (χ3n) is 3.69. The van der Waals surface area contributed by atoms with Crippen LogP contribution < -0.4 is 5.73 Å². The molecule has 20 heavy (non-hydrogen) atoms. The Balaban J connectivity index is 2.12. The lowest BCUT2D eigenvalue weighted by molar-refractivity contribution is 1.15. The highest BCUT2D eigenvalue weighted by atomic mass is 14.7. The summed E-state index contributed by atoms with van der Waals surface area (Å²) in [7, 11) is 0. The minimum absolute atomic E-state index is 0.870. The zero-order valence-corrected chi connectivity index (χ0v) is 11.9. The molecule has 1 heterocycles. The van der Waals surface area contributed by atoms with Crippen LogP contribution in [0.4, 0.5) is 5.69 Å². The highest BCUT2D eigenvalue weighted by Crippen LogP contribution is 2.27. The average molecular weight is 262 g/mol. The maximum absolute atomic E-state index is 5.98. The number of anilines is 1. The smallest absolute Gasteiger partial charge is 0.0705 e. The van der Waals surface area contributed by atoms with Gasteiger partial charge in [0.15, 0.2) is 0 Å². The molecule has 2 heteroatoms. The van der Waals surface area contributed by atoms with Crippen LogP contribution in [0.25, 0.3) is 22.0 Å². The molecule has 2 aromatic carbocycles. The van der Waals surface area contributed by atoms with E-state index in [-0.39, 0.29) is 0 Å². The van der Waals surface area contributed by atoms with Crippen molar-refractivity contribution in [2.24, 2.45) is 0 Å². The van der Waals surface area contributed by atoms with Crippen LogP contribution in [-0.2, 0) is 6.42 Å². The van der Waals surface area contributed by atoms with Crippen molar-refractivity contribution >= 4 is 16.6 Å². The van der Waals surface area contributed by atoms with E-state index in [0.29, 0.717) is 0 Å². The zero-order valence-electron chi connectivity index (χ0n) is 11.9. The molecule has 100 valence electrons. The van der Waals surface area contributed by atoms with Crippen molar-refractivity contribution in [3.8, 4) is 11.1 Å². The van der Waals surface area contributed by atoms with Gasteiger partial charge in [0.2, 0.25) is 0 Å². The Kier molecular flexibility index (Phi) is 3.15. The van der Waals surface area contributed by atoms with Gasteiger partial charge in [-0.15, -0.1) is 0 Å². The Bertz CT molecular complexity index is 775. The number of nitrogen functional groups attached to an aromatic ring is 1. The second-order valence-electron chi connectivity index (χ2n) is 5.13. The molecule has 0 bridgehead atoms. The summed E-state index contributed by atoms with van der Waals surface area (Å²) in [6.45, 7) is 4.14. The maximum Gasteiger partial charge on any atom is 0.0705 e. The van der Waals surface area contributed by atoms with E-state index in [4.69, 9.17) is 5.73 Å². The number of rotatable bonds is 2. The first-order valence-corrected chi connectivity index (χ1v) is 6.93. The van der Waals surface area contributed by atoms with E-state index >= 15 is 0 Å². The first kappa shape index (κ1) is 12.7. The molecule has 3 rings (SSSR count). The average Bonchev–Trinajstić information content (AvgIpc) is 2.47. The third kappa shape index (κ3) is 2.25. The van der Waals surface area contributed by atoms with Crippen LogP contribution in [0.1, 0.15) is 18.2 Å². The molecule has 0 unspecified atom stereocenters. The van der Waals surface area contributed by atoms with Crippen LogP contribution in [0.5, 0.6) is 0 Å². The SMILES string of the molecule is CCc1cc(-c2ccc3nc(C)ccc3c2)ccc1N. The molecule has 0 atom stereocenters. The van der Waals surface area contributed by atoms with E-state index in [0.717, 1.165) is 23.3 Å². The highest BCUT2D eigenvalue weighted by Gasteiger charge is 2.04. The molecule has 0 fully saturated rings. The van der Waals surface area contributed by atoms with Gasteiger partial charge >= 0.3 is 0 Å². The number of fused-ring (bicyclic) bond motifs is 1. The summed E-state index contributed by atoms with van der Waals surface area (Å²) in [5.74, 6) is 0. The Labute approximate surface area is 119 Å². The molecule has 0 saturated heterocycles. The van der Waals surface area contributed by atoms with E-state index in [1.54, 1.807) is 0 Å². The molecule has 0 aliphatic rings. The molecule has 0 spiro atoms. The first-order valence-electron chi connectivity index (χ1n) is 6.93. The van der Waals surface area contributed by atoms with Gasteiger partial charge in [0.05, 0.1) is 5.52 Å². The van der Waals surface area contributed by atoms with Crippen molar-refractivity contribution in [2.75, 3.05) is 5.73 Å². The second kappa shape index (κ2) is 4.97. The van der Waals surface area contributed by atoms with Crippen LogP contribution in [0.15, 0.2) is 48.5 Å². The van der Waals surface area contributed by atoms with Gasteiger partial charge in [0.1, 0.15) is 0 Å². The second-order valence-corrected chi connectivity index (χ2v) is 5.13. The van der Waals surface area contributed by atoms with Gasteiger partial charge in [-0.2, -0.15) is 0 Å². The van der Waals surface area contributed by atoms with Crippen molar-refractivity contribution in [2.45, 2.75) is 20.3 Å². The van der Waals surface area contributed by atoms with Gasteiger partial charge in [0.25, 0.3) is 0 Å². The number of benzene rings is 2. The summed E-state index contributed by atoms with van der Waals surface area (Å²) in [4.78, 5) is 4.54. The first-order chi connectivity index (χ1) is 9.67. The molecular weight excluding hydrogens is 244 g/mol. The van der Waals surface area contributed by atoms with E-state index in [1.807, 2.05) is 19.1 Å². The summed E-state index contributed by atoms with van der Waals surface area (Å²) >= 11 is 0. The summed E-state index contributed by atoms with van der Waals surface area (Å²) in [6, 6.07) is 16.8. The Morgan fingerprint density at radius 2 is 1.70 bits per heavy atom. The molecule has 3 aromatic rings. The summed E-state index contributed by atoms with van der Waals surface area (Å²) < 4.78 is 0. The molecule has 0 radical (unpaired) electrons. The minimum atomic E-state index is 0.870. The highest BCUT2D eigenvalue weighted by molar-refractivity contribution is 5.85. The molecule has 1 aromatic heterocycles. The number of hydrogen-bond acceptors (Lipinski definition) is 2. The number of nitrogens with two attached hydrogens (primary N) is 1. The molecule has 0 amide bonds. The predicted octanol–water partition coefficient (Wildman–Crippen LogP) is 4.35. The molecule has 2 nitrogen and oxygen atoms in total. The maximum atomic E-state index is 5.98. The zero-order chi connectivity index (χ0) is 14.1. The standard InChI is InChI=1S/C18H18N2/c1-3-13-10-14(6-8-17(13)19)15-7-9-18-16(11-15)5-4-12(2)20-18/h4-11H,3,19H2,1-2H3. The van der Waals surface area contributed by atoms with Crippen LogP contribution in [0, 0.1) is 6.92 Å². The molecule has 0 saturated carbocycles. The van der Waals surface area contributed by atoms with Crippen LogP contribution >= 0.6 is 0 Å². The minimum Gasteiger partial charge on any atom is -0.399 e. The molecule has 2 N–H and O–H groups in total. The van der Waals surface area contributed by atoms with Crippen LogP contribution in [0.3, 0.4) is 0 Å². The van der Waals surface area contributed by atoms with E-state index in [9.17, 15) is 0 Å². The molecule has 0 aliphatic heterocycles. The Hall–Kier alpha value is -2.35. The van der Waals surface area contributed by atoms with Gasteiger partial charge in [-0.05, 0) is 60.4 Å². The predicted molar refractivity (Wildman–Crippen MR) is 85.7 cm³/mol. The Morgan fingerprint density at radius 3 is 2.50 bits per heavy atom. The summed E-state index contributed by atoms with van der Waals surface area (Å²) in [5, 5.41) is 1.17. The van der Waals surface area contributed by atoms with Gasteiger partial charge < -0.3 is 5.73 Å². The van der Waals surface area contributed by atoms with Crippen molar-refractivity contribution in [3.05, 3.63) is 59.8 Å². The lowest BCUT2D eigenvalue weighted by atomic mass is 9.99. The van der Waals surface area contributed by atoms with E-state index in [2.05, 4.69) is 48.3 Å². The van der Waals surface area contributed by atoms with Gasteiger partial charge in [0, 0.05) is 16.8 Å². The number of aromatic nitrogens is 1. The van der Waals surface area contributed by atoms with Crippen molar-refractivity contribution in [1.82, 2.24) is 4.98 Å². The lowest BCUT2D eigenvalue weighted by Gasteiger charge is -2.08. The van der Waals surface area contributed by atoms with Crippen molar-refractivity contribution in [3.63, 3.8) is 0 Å². The number of aryl methyl sites for hydroxylation is 2. The van der Waals surface area contributed by atoms with Crippen LogP contribution in [0.2, 0.25) is 0 Å². The van der Waals surface area contributed by atoms with Crippen LogP contribution in [-0.4, -0.2) is 4.98 Å². The summed E-state index contributed by atoms with van der Waals surface area (Å²) in [6.07, 6.45) is 0.952. The van der Waals surface area contributed by atoms with Gasteiger partial charge in [-0.25, -0.2) is 0 Å². The number of hydrogen-bond donors (Lipinski definition) is 1. The lowest BCUT2D eigenvalue weighted by Crippen LogP contribution is -1.93. The fraction of sp³-hybridized carbons (Fsp3) is 0.167. The van der Waals surface area contributed by atoms with Gasteiger partial charge in [-0.3, -0.25) is 4.98 Å². The fourth-order valence-electron chi connectivity index (χ4n) is 2.50. The molecular formula is C18H18N2. The molecule has 0 aliphatic carbocycles. The monoisotopic (exact) mass is 262 g/mol. The van der Waals surface area contributed by atoms with E-state index in [1.165, 1.54) is 22.1 Å². The topological polar surface area (TPSA) is 38.9 Å². The normalized spacial score (nSPS) is 10.9. The van der Waals surface area contributed by atoms with Crippen molar-refractivity contribution < 1.29 is 0 Å². The number of pyridine rings is 1. The Morgan fingerprint density at radius 1 is 0.950 bits per heavy atom. The fourth-order valence-corrected chi connectivity index (χ4v) is 2.50. The quantitative estimate of drug-likeness (QED) is 0.697.